The van der Waals surface area contributed by atoms with E-state index in [1.165, 1.54) is 50.0 Å². The van der Waals surface area contributed by atoms with Crippen LogP contribution in [0.25, 0.3) is 0 Å². The molecule has 1 heterocycles. The lowest BCUT2D eigenvalue weighted by molar-refractivity contribution is -0.232. The van der Waals surface area contributed by atoms with Gasteiger partial charge in [-0.05, 0) is 25.3 Å². The molecule has 1 aliphatic carbocycles. The fourth-order valence-electron chi connectivity index (χ4n) is 3.94. The van der Waals surface area contributed by atoms with Crippen LogP contribution in [0.1, 0.15) is 99.7 Å². The molecule has 1 saturated carbocycles. The Balaban J connectivity index is 1.56. The number of carbonyl (C=O) groups is 1. The van der Waals surface area contributed by atoms with Crippen LogP contribution < -0.4 is 0 Å². The van der Waals surface area contributed by atoms with Gasteiger partial charge >= 0.3 is 0 Å². The summed E-state index contributed by atoms with van der Waals surface area (Å²) in [5.74, 6) is -0.0626. The van der Waals surface area contributed by atoms with E-state index >= 15 is 0 Å². The summed E-state index contributed by atoms with van der Waals surface area (Å²) in [6.07, 6.45) is 13.0. The highest BCUT2D eigenvalue weighted by atomic mass is 16.7. The molecule has 2 aliphatic rings. The molecule has 1 atom stereocenters. The van der Waals surface area contributed by atoms with Crippen molar-refractivity contribution in [2.45, 2.75) is 89.9 Å². The highest BCUT2D eigenvalue weighted by molar-refractivity contribution is 5.98. The van der Waals surface area contributed by atoms with Crippen LogP contribution in [0.3, 0.4) is 0 Å². The number of unbranched alkanes of at least 4 members (excludes halogenated alkanes) is 5. The number of nitrogens with zero attached hydrogens (tertiary/aromatic N) is 1. The molecular formula is C22H33NO3. The number of ether oxygens (including phenoxy) is 1. The quantitative estimate of drug-likeness (QED) is 0.497. The standard InChI is InChI=1S/C22H33NO3/c1-2-3-4-5-6-12-17-25-23-21(24)19-15-10-11-16-20(19)22(23)26-18-13-8-7-9-14-18/h10-11,15-16,18,22H,2-9,12-14,17H2,1H3. The van der Waals surface area contributed by atoms with Gasteiger partial charge in [-0.3, -0.25) is 9.63 Å². The fraction of sp³-hybridized carbons (Fsp3) is 0.682. The number of hydrogen-bond donors (Lipinski definition) is 0. The van der Waals surface area contributed by atoms with Crippen molar-refractivity contribution in [2.24, 2.45) is 0 Å². The van der Waals surface area contributed by atoms with Crippen LogP contribution in [0, 0.1) is 0 Å². The van der Waals surface area contributed by atoms with Crippen molar-refractivity contribution in [3.05, 3.63) is 35.4 Å². The van der Waals surface area contributed by atoms with E-state index in [-0.39, 0.29) is 18.2 Å². The first-order valence-corrected chi connectivity index (χ1v) is 10.5. The van der Waals surface area contributed by atoms with Crippen molar-refractivity contribution in [3.8, 4) is 0 Å². The zero-order chi connectivity index (χ0) is 18.2. The van der Waals surface area contributed by atoms with E-state index in [4.69, 9.17) is 9.57 Å². The minimum atomic E-state index is -0.387. The van der Waals surface area contributed by atoms with E-state index < -0.39 is 0 Å². The van der Waals surface area contributed by atoms with Gasteiger partial charge in [0.1, 0.15) is 0 Å². The Kier molecular flexibility index (Phi) is 7.51. The van der Waals surface area contributed by atoms with Crippen molar-refractivity contribution in [2.75, 3.05) is 6.61 Å². The van der Waals surface area contributed by atoms with Gasteiger partial charge in [-0.25, -0.2) is 0 Å². The molecule has 1 amide bonds. The van der Waals surface area contributed by atoms with Gasteiger partial charge in [0, 0.05) is 11.1 Å². The van der Waals surface area contributed by atoms with E-state index in [9.17, 15) is 4.79 Å². The van der Waals surface area contributed by atoms with Crippen LogP contribution in [-0.4, -0.2) is 23.7 Å². The summed E-state index contributed by atoms with van der Waals surface area (Å²) in [6.45, 7) is 2.81. The summed E-state index contributed by atoms with van der Waals surface area (Å²) < 4.78 is 6.35. The second-order valence-electron chi connectivity index (χ2n) is 7.57. The Bertz CT molecular complexity index is 568. The summed E-state index contributed by atoms with van der Waals surface area (Å²) in [7, 11) is 0. The average molecular weight is 360 g/mol. The molecule has 0 spiro atoms. The minimum absolute atomic E-state index is 0.0626. The van der Waals surface area contributed by atoms with Gasteiger partial charge in [0.25, 0.3) is 5.91 Å². The molecule has 1 aliphatic heterocycles. The van der Waals surface area contributed by atoms with E-state index in [1.54, 1.807) is 0 Å². The molecule has 1 aromatic carbocycles. The molecule has 1 unspecified atom stereocenters. The Labute approximate surface area is 157 Å². The maximum atomic E-state index is 12.8. The van der Waals surface area contributed by atoms with E-state index in [0.29, 0.717) is 6.61 Å². The second-order valence-corrected chi connectivity index (χ2v) is 7.57. The molecule has 4 heteroatoms. The van der Waals surface area contributed by atoms with Crippen molar-refractivity contribution in [3.63, 3.8) is 0 Å². The lowest BCUT2D eigenvalue weighted by atomic mass is 9.97. The first-order chi connectivity index (χ1) is 12.8. The number of fused-ring (bicyclic) bond motifs is 1. The van der Waals surface area contributed by atoms with Gasteiger partial charge in [0.15, 0.2) is 6.23 Å². The lowest BCUT2D eigenvalue weighted by Crippen LogP contribution is -2.33. The summed E-state index contributed by atoms with van der Waals surface area (Å²) >= 11 is 0. The van der Waals surface area contributed by atoms with Gasteiger partial charge in [-0.15, -0.1) is 0 Å². The largest absolute Gasteiger partial charge is 0.348 e. The molecule has 0 saturated heterocycles. The van der Waals surface area contributed by atoms with Crippen molar-refractivity contribution >= 4 is 5.91 Å². The smallest absolute Gasteiger partial charge is 0.280 e. The Morgan fingerprint density at radius 3 is 2.54 bits per heavy atom. The van der Waals surface area contributed by atoms with Gasteiger partial charge in [0.2, 0.25) is 0 Å². The summed E-state index contributed by atoms with van der Waals surface area (Å²) in [5, 5.41) is 1.49. The molecule has 0 radical (unpaired) electrons. The maximum absolute atomic E-state index is 12.8. The van der Waals surface area contributed by atoms with Crippen LogP contribution >= 0.6 is 0 Å². The van der Waals surface area contributed by atoms with Crippen LogP contribution in [-0.2, 0) is 9.57 Å². The van der Waals surface area contributed by atoms with Crippen LogP contribution in [0.15, 0.2) is 24.3 Å². The molecule has 1 fully saturated rings. The third kappa shape index (κ3) is 4.86. The second kappa shape index (κ2) is 10.1. The van der Waals surface area contributed by atoms with Crippen LogP contribution in [0.5, 0.6) is 0 Å². The molecular weight excluding hydrogens is 326 g/mol. The van der Waals surface area contributed by atoms with Crippen LogP contribution in [0.2, 0.25) is 0 Å². The number of amides is 1. The molecule has 4 nitrogen and oxygen atoms in total. The zero-order valence-corrected chi connectivity index (χ0v) is 16.1. The molecule has 0 N–H and O–H groups in total. The molecule has 26 heavy (non-hydrogen) atoms. The van der Waals surface area contributed by atoms with E-state index in [2.05, 4.69) is 6.92 Å². The highest BCUT2D eigenvalue weighted by Gasteiger charge is 2.40. The molecule has 0 aromatic heterocycles. The predicted molar refractivity (Wildman–Crippen MR) is 103 cm³/mol. The van der Waals surface area contributed by atoms with Gasteiger partial charge in [-0.2, -0.15) is 5.06 Å². The van der Waals surface area contributed by atoms with Gasteiger partial charge in [0.05, 0.1) is 12.7 Å². The van der Waals surface area contributed by atoms with E-state index in [1.807, 2.05) is 24.3 Å². The summed E-state index contributed by atoms with van der Waals surface area (Å²) in [5.41, 5.74) is 1.67. The van der Waals surface area contributed by atoms with Crippen LogP contribution in [0.4, 0.5) is 0 Å². The Morgan fingerprint density at radius 1 is 1.00 bits per heavy atom. The Morgan fingerprint density at radius 2 is 1.73 bits per heavy atom. The predicted octanol–water partition coefficient (Wildman–Crippen LogP) is 5.78. The van der Waals surface area contributed by atoms with Crippen molar-refractivity contribution in [1.82, 2.24) is 5.06 Å². The third-order valence-corrected chi connectivity index (χ3v) is 5.47. The van der Waals surface area contributed by atoms with Crippen molar-refractivity contribution in [1.29, 1.82) is 0 Å². The number of hydrogen-bond acceptors (Lipinski definition) is 3. The lowest BCUT2D eigenvalue weighted by Gasteiger charge is -2.30. The number of rotatable bonds is 10. The Hall–Kier alpha value is -1.39. The fourth-order valence-corrected chi connectivity index (χ4v) is 3.94. The minimum Gasteiger partial charge on any atom is -0.348 e. The number of benzene rings is 1. The summed E-state index contributed by atoms with van der Waals surface area (Å²) in [6, 6.07) is 7.75. The van der Waals surface area contributed by atoms with Gasteiger partial charge < -0.3 is 4.74 Å². The molecule has 1 aromatic rings. The number of hydroxylamine groups is 2. The maximum Gasteiger partial charge on any atom is 0.280 e. The topological polar surface area (TPSA) is 38.8 Å². The van der Waals surface area contributed by atoms with Crippen molar-refractivity contribution < 1.29 is 14.4 Å². The zero-order valence-electron chi connectivity index (χ0n) is 16.1. The average Bonchev–Trinajstić information content (AvgIpc) is 2.94. The monoisotopic (exact) mass is 359 g/mol. The molecule has 3 rings (SSSR count). The first kappa shape index (κ1) is 19.4. The number of carbonyl (C=O) groups excluding carboxylic acids is 1. The SMILES string of the molecule is CCCCCCCCON1C(=O)c2ccccc2C1OC1CCCCC1. The van der Waals surface area contributed by atoms with Gasteiger partial charge in [-0.1, -0.05) is 76.5 Å². The van der Waals surface area contributed by atoms with E-state index in [0.717, 1.165) is 36.8 Å². The first-order valence-electron chi connectivity index (χ1n) is 10.5. The highest BCUT2D eigenvalue weighted by Crippen LogP contribution is 2.37. The normalized spacial score (nSPS) is 20.6. The molecule has 144 valence electrons. The molecule has 0 bridgehead atoms. The third-order valence-electron chi connectivity index (χ3n) is 5.47. The summed E-state index contributed by atoms with van der Waals surface area (Å²) in [4.78, 5) is 18.7.